The molecular formula is C26H27NO5S. The molecule has 0 atom stereocenters. The lowest BCUT2D eigenvalue weighted by Crippen LogP contribution is -2.16. The number of fused-ring (bicyclic) bond motifs is 1. The van der Waals surface area contributed by atoms with E-state index in [9.17, 15) is 9.59 Å². The Hall–Kier alpha value is -3.32. The average Bonchev–Trinajstić information content (AvgIpc) is 3.26. The number of ether oxygens (including phenoxy) is 3. The van der Waals surface area contributed by atoms with Crippen molar-refractivity contribution in [2.24, 2.45) is 0 Å². The highest BCUT2D eigenvalue weighted by Gasteiger charge is 2.26. The highest BCUT2D eigenvalue weighted by molar-refractivity contribution is 7.15. The fourth-order valence-electron chi connectivity index (χ4n) is 4.21. The summed E-state index contributed by atoms with van der Waals surface area (Å²) in [6.45, 7) is 2.01. The minimum absolute atomic E-state index is 0.242. The lowest BCUT2D eigenvalue weighted by Gasteiger charge is -2.17. The molecule has 0 unspecified atom stereocenters. The van der Waals surface area contributed by atoms with Gasteiger partial charge in [0.25, 0.3) is 5.91 Å². The molecule has 1 aromatic heterocycles. The Morgan fingerprint density at radius 2 is 1.67 bits per heavy atom. The van der Waals surface area contributed by atoms with E-state index in [1.165, 1.54) is 49.5 Å². The normalized spacial score (nSPS) is 12.6. The molecule has 0 saturated carbocycles. The number of thiophene rings is 1. The number of hydrogen-bond acceptors (Lipinski definition) is 6. The molecular weight excluding hydrogens is 438 g/mol. The minimum atomic E-state index is -0.464. The highest BCUT2D eigenvalue weighted by Crippen LogP contribution is 2.39. The van der Waals surface area contributed by atoms with Gasteiger partial charge in [-0.3, -0.25) is 4.79 Å². The Balaban J connectivity index is 1.74. The van der Waals surface area contributed by atoms with Crippen molar-refractivity contribution >= 4 is 28.2 Å². The zero-order chi connectivity index (χ0) is 23.4. The Kier molecular flexibility index (Phi) is 6.99. The first kappa shape index (κ1) is 22.9. The van der Waals surface area contributed by atoms with Crippen LogP contribution < -0.4 is 14.8 Å². The molecule has 172 valence electrons. The van der Waals surface area contributed by atoms with Crippen LogP contribution in [0.5, 0.6) is 11.5 Å². The molecule has 0 spiro atoms. The Morgan fingerprint density at radius 1 is 0.970 bits per heavy atom. The fourth-order valence-corrected chi connectivity index (χ4v) is 5.16. The molecule has 1 amide bonds. The molecule has 3 aromatic rings. The first-order valence-corrected chi connectivity index (χ1v) is 11.9. The number of nitrogens with one attached hydrogen (secondary N) is 1. The van der Waals surface area contributed by atoms with Gasteiger partial charge in [0.2, 0.25) is 0 Å². The van der Waals surface area contributed by atoms with Crippen LogP contribution in [0.3, 0.4) is 0 Å². The third kappa shape index (κ3) is 4.59. The molecule has 6 nitrogen and oxygen atoms in total. The monoisotopic (exact) mass is 465 g/mol. The van der Waals surface area contributed by atoms with E-state index in [1.54, 1.807) is 25.1 Å². The van der Waals surface area contributed by atoms with Crippen molar-refractivity contribution in [1.82, 2.24) is 0 Å². The molecule has 7 heteroatoms. The van der Waals surface area contributed by atoms with Crippen molar-refractivity contribution in [3.63, 3.8) is 0 Å². The third-order valence-corrected chi connectivity index (χ3v) is 6.71. The maximum absolute atomic E-state index is 13.2. The van der Waals surface area contributed by atoms with Gasteiger partial charge in [0.05, 0.1) is 20.8 Å². The minimum Gasteiger partial charge on any atom is -0.496 e. The lowest BCUT2D eigenvalue weighted by atomic mass is 9.89. The van der Waals surface area contributed by atoms with E-state index in [0.29, 0.717) is 22.1 Å². The van der Waals surface area contributed by atoms with Crippen LogP contribution in [0.4, 0.5) is 5.00 Å². The van der Waals surface area contributed by atoms with Crippen LogP contribution in [-0.4, -0.2) is 32.7 Å². The number of aryl methyl sites for hydroxylation is 2. The number of amides is 1. The smallest absolute Gasteiger partial charge is 0.341 e. The average molecular weight is 466 g/mol. The lowest BCUT2D eigenvalue weighted by molar-refractivity contribution is 0.0529. The van der Waals surface area contributed by atoms with Crippen molar-refractivity contribution in [3.8, 4) is 22.6 Å². The second kappa shape index (κ2) is 10.1. The van der Waals surface area contributed by atoms with E-state index in [0.717, 1.165) is 24.0 Å². The van der Waals surface area contributed by atoms with Gasteiger partial charge < -0.3 is 19.5 Å². The Labute approximate surface area is 197 Å². The van der Waals surface area contributed by atoms with Crippen molar-refractivity contribution in [2.75, 3.05) is 26.1 Å². The number of rotatable bonds is 7. The van der Waals surface area contributed by atoms with Gasteiger partial charge in [0, 0.05) is 10.9 Å². The molecule has 2 aromatic carbocycles. The summed E-state index contributed by atoms with van der Waals surface area (Å²) in [4.78, 5) is 26.2. The van der Waals surface area contributed by atoms with Crippen LogP contribution in [0.25, 0.3) is 11.1 Å². The van der Waals surface area contributed by atoms with Gasteiger partial charge in [0.1, 0.15) is 27.6 Å². The first-order valence-electron chi connectivity index (χ1n) is 11.0. The van der Waals surface area contributed by atoms with Crippen molar-refractivity contribution in [3.05, 3.63) is 64.0 Å². The van der Waals surface area contributed by atoms with Crippen LogP contribution in [0, 0.1) is 0 Å². The quantitative estimate of drug-likeness (QED) is 0.451. The number of hydrogen-bond donors (Lipinski definition) is 1. The van der Waals surface area contributed by atoms with Crippen LogP contribution in [0.1, 0.15) is 51.6 Å². The largest absolute Gasteiger partial charge is 0.496 e. The summed E-state index contributed by atoms with van der Waals surface area (Å²) in [5.74, 6) is -0.116. The van der Waals surface area contributed by atoms with E-state index >= 15 is 0 Å². The van der Waals surface area contributed by atoms with Gasteiger partial charge in [-0.2, -0.15) is 0 Å². The Morgan fingerprint density at radius 3 is 2.33 bits per heavy atom. The predicted octanol–water partition coefficient (Wildman–Crippen LogP) is 5.74. The maximum atomic E-state index is 13.2. The van der Waals surface area contributed by atoms with Gasteiger partial charge >= 0.3 is 5.97 Å². The van der Waals surface area contributed by atoms with Gasteiger partial charge in [-0.1, -0.05) is 24.3 Å². The molecule has 0 bridgehead atoms. The molecule has 0 aliphatic heterocycles. The number of carbonyl (C=O) groups excluding carboxylic acids is 2. The standard InChI is InChI=1S/C26H27NO5S/c1-4-32-26(29)22-19(18-13-12-16-8-5-6-9-17(16)14-18)15-33-25(22)27-24(28)23-20(30-2)10-7-11-21(23)31-3/h7,10-15H,4-6,8-9H2,1-3H3,(H,27,28). The molecule has 1 heterocycles. The van der Waals surface area contributed by atoms with E-state index in [2.05, 4.69) is 17.4 Å². The van der Waals surface area contributed by atoms with Crippen LogP contribution >= 0.6 is 11.3 Å². The topological polar surface area (TPSA) is 73.9 Å². The number of benzene rings is 2. The first-order chi connectivity index (χ1) is 16.1. The summed E-state index contributed by atoms with van der Waals surface area (Å²) in [5.41, 5.74) is 5.03. The van der Waals surface area contributed by atoms with Crippen molar-refractivity contribution in [1.29, 1.82) is 0 Å². The van der Waals surface area contributed by atoms with Crippen molar-refractivity contribution in [2.45, 2.75) is 32.6 Å². The molecule has 33 heavy (non-hydrogen) atoms. The fraction of sp³-hybridized carbons (Fsp3) is 0.308. The molecule has 4 rings (SSSR count). The van der Waals surface area contributed by atoms with Crippen LogP contribution in [0.15, 0.2) is 41.8 Å². The van der Waals surface area contributed by atoms with Gasteiger partial charge in [-0.05, 0) is 61.4 Å². The zero-order valence-electron chi connectivity index (χ0n) is 19.0. The van der Waals surface area contributed by atoms with Gasteiger partial charge in [-0.25, -0.2) is 4.79 Å². The zero-order valence-corrected chi connectivity index (χ0v) is 19.8. The van der Waals surface area contributed by atoms with E-state index in [1.807, 2.05) is 11.4 Å². The van der Waals surface area contributed by atoms with Gasteiger partial charge in [0.15, 0.2) is 0 Å². The van der Waals surface area contributed by atoms with Crippen LogP contribution in [-0.2, 0) is 17.6 Å². The summed E-state index contributed by atoms with van der Waals surface area (Å²) < 4.78 is 16.1. The maximum Gasteiger partial charge on any atom is 0.341 e. The van der Waals surface area contributed by atoms with Crippen LogP contribution in [0.2, 0.25) is 0 Å². The summed E-state index contributed by atoms with van der Waals surface area (Å²) in [6, 6.07) is 11.5. The van der Waals surface area contributed by atoms with E-state index < -0.39 is 11.9 Å². The van der Waals surface area contributed by atoms with Crippen molar-refractivity contribution < 1.29 is 23.8 Å². The summed E-state index contributed by atoms with van der Waals surface area (Å²) in [7, 11) is 2.99. The molecule has 0 radical (unpaired) electrons. The molecule has 1 N–H and O–H groups in total. The predicted molar refractivity (Wildman–Crippen MR) is 130 cm³/mol. The van der Waals surface area contributed by atoms with E-state index in [-0.39, 0.29) is 12.2 Å². The molecule has 0 fully saturated rings. The second-order valence-electron chi connectivity index (χ2n) is 7.76. The third-order valence-electron chi connectivity index (χ3n) is 5.81. The number of carbonyl (C=O) groups is 2. The summed E-state index contributed by atoms with van der Waals surface area (Å²) in [6.07, 6.45) is 4.51. The van der Waals surface area contributed by atoms with E-state index in [4.69, 9.17) is 14.2 Å². The molecule has 1 aliphatic rings. The Bertz CT molecular complexity index is 1160. The second-order valence-corrected chi connectivity index (χ2v) is 8.64. The molecule has 0 saturated heterocycles. The number of esters is 1. The summed E-state index contributed by atoms with van der Waals surface area (Å²) >= 11 is 1.30. The van der Waals surface area contributed by atoms with Gasteiger partial charge in [-0.15, -0.1) is 11.3 Å². The summed E-state index contributed by atoms with van der Waals surface area (Å²) in [5, 5.41) is 5.21. The number of anilines is 1. The number of methoxy groups -OCH3 is 2. The molecule has 1 aliphatic carbocycles. The highest BCUT2D eigenvalue weighted by atomic mass is 32.1. The SMILES string of the molecule is CCOC(=O)c1c(-c2ccc3c(c2)CCCC3)csc1NC(=O)c1c(OC)cccc1OC.